The summed E-state index contributed by atoms with van der Waals surface area (Å²) in [4.78, 5) is 18.4. The minimum atomic E-state index is 0.0268. The molecule has 2 fully saturated rings. The molecule has 0 bridgehead atoms. The summed E-state index contributed by atoms with van der Waals surface area (Å²) in [5, 5.41) is 7.05. The summed E-state index contributed by atoms with van der Waals surface area (Å²) in [5.41, 5.74) is 0. The van der Waals surface area contributed by atoms with Gasteiger partial charge < -0.3 is 19.2 Å². The fourth-order valence-corrected chi connectivity index (χ4v) is 3.22. The van der Waals surface area contributed by atoms with Gasteiger partial charge in [0.05, 0.1) is 12.2 Å². The maximum Gasteiger partial charge on any atom is 0.317 e. The zero-order valence-electron chi connectivity index (χ0n) is 12.9. The monoisotopic (exact) mass is 316 g/mol. The lowest BCUT2D eigenvalue weighted by molar-refractivity contribution is 0.132. The van der Waals surface area contributed by atoms with Crippen LogP contribution < -0.4 is 5.32 Å². The number of likely N-dealkylation sites (tertiary alicyclic amines) is 1. The van der Waals surface area contributed by atoms with Gasteiger partial charge in [0.15, 0.2) is 5.76 Å². The number of aromatic nitrogens is 2. The molecule has 2 aromatic heterocycles. The number of carbonyl (C=O) groups is 1. The van der Waals surface area contributed by atoms with Crippen LogP contribution in [-0.2, 0) is 0 Å². The highest BCUT2D eigenvalue weighted by atomic mass is 16.5. The van der Waals surface area contributed by atoms with E-state index in [0.29, 0.717) is 36.6 Å². The number of urea groups is 1. The van der Waals surface area contributed by atoms with Gasteiger partial charge in [0.25, 0.3) is 0 Å². The molecule has 0 aromatic carbocycles. The number of amides is 2. The molecule has 0 spiro atoms. The Balaban J connectivity index is 1.30. The third-order valence-electron chi connectivity index (χ3n) is 4.63. The Hall–Kier alpha value is -2.31. The molecule has 1 aliphatic heterocycles. The fourth-order valence-electron chi connectivity index (χ4n) is 3.22. The summed E-state index contributed by atoms with van der Waals surface area (Å²) in [7, 11) is 0. The molecular formula is C16H20N4O3. The molecule has 2 aromatic rings. The molecule has 0 radical (unpaired) electrons. The predicted octanol–water partition coefficient (Wildman–Crippen LogP) is 2.77. The van der Waals surface area contributed by atoms with E-state index in [1.165, 1.54) is 19.3 Å². The fraction of sp³-hybridized carbons (Fsp3) is 0.562. The van der Waals surface area contributed by atoms with Gasteiger partial charge in [-0.3, -0.25) is 0 Å². The number of hydrogen-bond donors (Lipinski definition) is 1. The van der Waals surface area contributed by atoms with E-state index in [1.807, 2.05) is 0 Å². The molecule has 23 heavy (non-hydrogen) atoms. The van der Waals surface area contributed by atoms with Gasteiger partial charge in [0.2, 0.25) is 11.7 Å². The van der Waals surface area contributed by atoms with Crippen molar-refractivity contribution in [1.82, 2.24) is 20.4 Å². The average molecular weight is 316 g/mol. The molecule has 7 heteroatoms. The van der Waals surface area contributed by atoms with Crippen LogP contribution in [-0.4, -0.2) is 40.2 Å². The van der Waals surface area contributed by atoms with E-state index < -0.39 is 0 Å². The van der Waals surface area contributed by atoms with Crippen molar-refractivity contribution in [3.05, 3.63) is 24.3 Å². The molecule has 7 nitrogen and oxygen atoms in total. The van der Waals surface area contributed by atoms with E-state index in [-0.39, 0.29) is 11.9 Å². The first kappa shape index (κ1) is 14.3. The normalized spacial score (nSPS) is 19.6. The SMILES string of the molecule is O=C(NC1CCCCC1)N1CC(c2nc(-c3ccco3)no2)C1. The number of carbonyl (C=O) groups excluding carboxylic acids is 1. The van der Waals surface area contributed by atoms with E-state index in [9.17, 15) is 4.79 Å². The maximum atomic E-state index is 12.2. The summed E-state index contributed by atoms with van der Waals surface area (Å²) >= 11 is 0. The summed E-state index contributed by atoms with van der Waals surface area (Å²) in [6, 6.07) is 3.94. The Morgan fingerprint density at radius 2 is 2.09 bits per heavy atom. The van der Waals surface area contributed by atoms with Crippen molar-refractivity contribution in [1.29, 1.82) is 0 Å². The Bertz CT molecular complexity index is 655. The Kier molecular flexibility index (Phi) is 3.77. The summed E-state index contributed by atoms with van der Waals surface area (Å²) < 4.78 is 10.5. The lowest BCUT2D eigenvalue weighted by Crippen LogP contribution is -2.54. The van der Waals surface area contributed by atoms with Gasteiger partial charge in [-0.2, -0.15) is 4.98 Å². The summed E-state index contributed by atoms with van der Waals surface area (Å²) in [5.74, 6) is 1.72. The average Bonchev–Trinajstić information content (AvgIpc) is 3.17. The molecule has 1 saturated carbocycles. The first-order valence-electron chi connectivity index (χ1n) is 8.22. The van der Waals surface area contributed by atoms with Crippen LogP contribution in [0.1, 0.15) is 43.9 Å². The molecule has 1 aliphatic carbocycles. The van der Waals surface area contributed by atoms with Gasteiger partial charge in [-0.15, -0.1) is 0 Å². The van der Waals surface area contributed by atoms with Gasteiger partial charge in [0.1, 0.15) is 0 Å². The molecule has 122 valence electrons. The van der Waals surface area contributed by atoms with Crippen LogP contribution in [0.3, 0.4) is 0 Å². The van der Waals surface area contributed by atoms with Crippen molar-refractivity contribution in [2.24, 2.45) is 0 Å². The highest BCUT2D eigenvalue weighted by molar-refractivity contribution is 5.75. The molecule has 0 unspecified atom stereocenters. The van der Waals surface area contributed by atoms with Crippen LogP contribution in [0.25, 0.3) is 11.6 Å². The van der Waals surface area contributed by atoms with Crippen molar-refractivity contribution < 1.29 is 13.7 Å². The second-order valence-electron chi connectivity index (χ2n) is 6.32. The molecule has 1 N–H and O–H groups in total. The van der Waals surface area contributed by atoms with Crippen molar-refractivity contribution in [3.8, 4) is 11.6 Å². The number of hydrogen-bond acceptors (Lipinski definition) is 5. The lowest BCUT2D eigenvalue weighted by atomic mass is 9.95. The van der Waals surface area contributed by atoms with Crippen LogP contribution in [0.2, 0.25) is 0 Å². The van der Waals surface area contributed by atoms with Crippen LogP contribution in [0.15, 0.2) is 27.3 Å². The third kappa shape index (κ3) is 2.95. The molecule has 3 heterocycles. The third-order valence-corrected chi connectivity index (χ3v) is 4.63. The van der Waals surface area contributed by atoms with Crippen LogP contribution in [0, 0.1) is 0 Å². The van der Waals surface area contributed by atoms with Crippen molar-refractivity contribution in [2.75, 3.05) is 13.1 Å². The highest BCUT2D eigenvalue weighted by Gasteiger charge is 2.36. The minimum absolute atomic E-state index is 0.0268. The van der Waals surface area contributed by atoms with Crippen LogP contribution >= 0.6 is 0 Å². The van der Waals surface area contributed by atoms with E-state index in [4.69, 9.17) is 8.94 Å². The summed E-state index contributed by atoms with van der Waals surface area (Å²) in [6.07, 6.45) is 7.48. The lowest BCUT2D eigenvalue weighted by Gasteiger charge is -2.38. The second kappa shape index (κ2) is 6.06. The van der Waals surface area contributed by atoms with Gasteiger partial charge in [0, 0.05) is 19.1 Å². The largest absolute Gasteiger partial charge is 0.461 e. The zero-order valence-corrected chi connectivity index (χ0v) is 12.9. The van der Waals surface area contributed by atoms with Crippen molar-refractivity contribution >= 4 is 6.03 Å². The van der Waals surface area contributed by atoms with Gasteiger partial charge >= 0.3 is 6.03 Å². The number of rotatable bonds is 3. The molecular weight excluding hydrogens is 296 g/mol. The first-order chi connectivity index (χ1) is 11.3. The van der Waals surface area contributed by atoms with Gasteiger partial charge in [-0.1, -0.05) is 24.4 Å². The van der Waals surface area contributed by atoms with Crippen molar-refractivity contribution in [3.63, 3.8) is 0 Å². The highest BCUT2D eigenvalue weighted by Crippen LogP contribution is 2.28. The van der Waals surface area contributed by atoms with Crippen molar-refractivity contribution in [2.45, 2.75) is 44.1 Å². The van der Waals surface area contributed by atoms with E-state index in [0.717, 1.165) is 12.8 Å². The maximum absolute atomic E-state index is 12.2. The Labute approximate surface area is 134 Å². The summed E-state index contributed by atoms with van der Waals surface area (Å²) in [6.45, 7) is 1.25. The number of nitrogens with one attached hydrogen (secondary N) is 1. The van der Waals surface area contributed by atoms with E-state index >= 15 is 0 Å². The van der Waals surface area contributed by atoms with Gasteiger partial charge in [-0.25, -0.2) is 4.79 Å². The Morgan fingerprint density at radius 1 is 1.26 bits per heavy atom. The standard InChI is InChI=1S/C16H20N4O3/c21-16(17-12-5-2-1-3-6-12)20-9-11(10-20)15-18-14(19-23-15)13-7-4-8-22-13/h4,7-8,11-12H,1-3,5-6,9-10H2,(H,17,21). The first-order valence-corrected chi connectivity index (χ1v) is 8.22. The van der Waals surface area contributed by atoms with Gasteiger partial charge in [-0.05, 0) is 25.0 Å². The van der Waals surface area contributed by atoms with Crippen LogP contribution in [0.4, 0.5) is 4.79 Å². The molecule has 1 saturated heterocycles. The van der Waals surface area contributed by atoms with E-state index in [1.54, 1.807) is 23.3 Å². The van der Waals surface area contributed by atoms with E-state index in [2.05, 4.69) is 15.5 Å². The smallest absolute Gasteiger partial charge is 0.317 e. The minimum Gasteiger partial charge on any atom is -0.461 e. The molecule has 0 atom stereocenters. The number of furan rings is 1. The zero-order chi connectivity index (χ0) is 15.6. The van der Waals surface area contributed by atoms with Crippen LogP contribution in [0.5, 0.6) is 0 Å². The molecule has 2 aliphatic rings. The quantitative estimate of drug-likeness (QED) is 0.941. The molecule has 2 amide bonds. The predicted molar refractivity (Wildman–Crippen MR) is 81.7 cm³/mol. The topological polar surface area (TPSA) is 84.4 Å². The molecule has 4 rings (SSSR count). The Morgan fingerprint density at radius 3 is 2.83 bits per heavy atom. The second-order valence-corrected chi connectivity index (χ2v) is 6.32. The number of nitrogens with zero attached hydrogens (tertiary/aromatic N) is 3.